The Morgan fingerprint density at radius 2 is 2.41 bits per heavy atom. The van der Waals surface area contributed by atoms with E-state index in [9.17, 15) is 4.79 Å². The fourth-order valence-corrected chi connectivity index (χ4v) is 1.98. The molecule has 0 bridgehead atoms. The van der Waals surface area contributed by atoms with E-state index in [-0.39, 0.29) is 0 Å². The van der Waals surface area contributed by atoms with Crippen molar-refractivity contribution in [3.8, 4) is 17.1 Å². The van der Waals surface area contributed by atoms with Gasteiger partial charge in [-0.2, -0.15) is 0 Å². The molecule has 0 N–H and O–H groups in total. The molecule has 0 spiro atoms. The van der Waals surface area contributed by atoms with Gasteiger partial charge < -0.3 is 9.30 Å². The first-order valence-corrected chi connectivity index (χ1v) is 5.47. The van der Waals surface area contributed by atoms with Gasteiger partial charge in [-0.25, -0.2) is 9.97 Å². The first-order valence-electron chi connectivity index (χ1n) is 5.09. The van der Waals surface area contributed by atoms with Crippen LogP contribution < -0.4 is 4.74 Å². The number of rotatable bonds is 1. The average molecular weight is 250 g/mol. The van der Waals surface area contributed by atoms with E-state index in [0.717, 1.165) is 11.8 Å². The third-order valence-electron chi connectivity index (χ3n) is 2.58. The molecule has 0 unspecified atom stereocenters. The molecule has 0 amide bonds. The van der Waals surface area contributed by atoms with Crippen molar-refractivity contribution < 1.29 is 9.53 Å². The van der Waals surface area contributed by atoms with Crippen molar-refractivity contribution in [1.29, 1.82) is 0 Å². The van der Waals surface area contributed by atoms with Gasteiger partial charge in [-0.15, -0.1) is 0 Å². The molecule has 0 fully saturated rings. The van der Waals surface area contributed by atoms with Crippen molar-refractivity contribution in [1.82, 2.24) is 14.5 Å². The number of carbonyl (C=O) groups excluding carboxylic acids is 1. The monoisotopic (exact) mass is 249 g/mol. The van der Waals surface area contributed by atoms with Crippen molar-refractivity contribution in [2.45, 2.75) is 6.54 Å². The summed E-state index contributed by atoms with van der Waals surface area (Å²) in [4.78, 5) is 19.0. The maximum absolute atomic E-state index is 10.7. The van der Waals surface area contributed by atoms with E-state index in [4.69, 9.17) is 16.3 Å². The molecule has 0 atom stereocenters. The van der Waals surface area contributed by atoms with Gasteiger partial charge in [0, 0.05) is 18.5 Å². The highest BCUT2D eigenvalue weighted by molar-refractivity contribution is 6.29. The number of hydrogen-bond donors (Lipinski definition) is 0. The minimum atomic E-state index is 0.374. The fraction of sp³-hybridized carbons (Fsp3) is 0.182. The van der Waals surface area contributed by atoms with E-state index in [1.807, 2.05) is 4.57 Å². The SMILES string of the molecule is O=Cc1cn2c(n1)-c1cnc(Cl)cc1OCC2. The topological polar surface area (TPSA) is 57.0 Å². The van der Waals surface area contributed by atoms with E-state index < -0.39 is 0 Å². The summed E-state index contributed by atoms with van der Waals surface area (Å²) in [6.07, 6.45) is 4.04. The lowest BCUT2D eigenvalue weighted by Crippen LogP contribution is -2.04. The van der Waals surface area contributed by atoms with Gasteiger partial charge in [0.15, 0.2) is 6.29 Å². The molecule has 86 valence electrons. The highest BCUT2D eigenvalue weighted by Gasteiger charge is 2.18. The summed E-state index contributed by atoms with van der Waals surface area (Å²) < 4.78 is 7.45. The first-order chi connectivity index (χ1) is 8.28. The van der Waals surface area contributed by atoms with Crippen LogP contribution in [0.5, 0.6) is 5.75 Å². The maximum atomic E-state index is 10.7. The molecule has 17 heavy (non-hydrogen) atoms. The van der Waals surface area contributed by atoms with Crippen LogP contribution in [0.4, 0.5) is 0 Å². The number of hydrogen-bond acceptors (Lipinski definition) is 4. The molecule has 0 radical (unpaired) electrons. The number of aldehydes is 1. The van der Waals surface area contributed by atoms with Crippen LogP contribution in [0.25, 0.3) is 11.4 Å². The zero-order valence-electron chi connectivity index (χ0n) is 8.76. The summed E-state index contributed by atoms with van der Waals surface area (Å²) in [5.41, 5.74) is 1.16. The Hall–Kier alpha value is -1.88. The zero-order chi connectivity index (χ0) is 11.8. The Morgan fingerprint density at radius 1 is 1.53 bits per heavy atom. The smallest absolute Gasteiger partial charge is 0.170 e. The van der Waals surface area contributed by atoms with Gasteiger partial charge >= 0.3 is 0 Å². The highest BCUT2D eigenvalue weighted by atomic mass is 35.5. The van der Waals surface area contributed by atoms with Gasteiger partial charge in [0.25, 0.3) is 0 Å². The Bertz CT molecular complexity index is 594. The van der Waals surface area contributed by atoms with Gasteiger partial charge in [0.1, 0.15) is 29.0 Å². The number of pyridine rings is 1. The number of carbonyl (C=O) groups is 1. The van der Waals surface area contributed by atoms with Gasteiger partial charge in [0.05, 0.1) is 12.1 Å². The number of imidazole rings is 1. The van der Waals surface area contributed by atoms with Gasteiger partial charge in [-0.1, -0.05) is 11.6 Å². The normalized spacial score (nSPS) is 13.2. The lowest BCUT2D eigenvalue weighted by atomic mass is 10.2. The average Bonchev–Trinajstić information content (AvgIpc) is 2.66. The second-order valence-electron chi connectivity index (χ2n) is 3.65. The fourth-order valence-electron chi connectivity index (χ4n) is 1.83. The molecule has 2 aromatic heterocycles. The van der Waals surface area contributed by atoms with Crippen LogP contribution in [0.1, 0.15) is 10.5 Å². The van der Waals surface area contributed by atoms with Gasteiger partial charge in [-0.05, 0) is 0 Å². The number of halogens is 1. The van der Waals surface area contributed by atoms with E-state index in [2.05, 4.69) is 9.97 Å². The molecule has 2 aromatic rings. The number of aromatic nitrogens is 3. The number of ether oxygens (including phenoxy) is 1. The predicted octanol–water partition coefficient (Wildman–Crippen LogP) is 1.80. The summed E-state index contributed by atoms with van der Waals surface area (Å²) in [7, 11) is 0. The van der Waals surface area contributed by atoms with Crippen molar-refractivity contribution >= 4 is 17.9 Å². The summed E-state index contributed by atoms with van der Waals surface area (Å²) in [5, 5.41) is 0.374. The van der Waals surface area contributed by atoms with E-state index >= 15 is 0 Å². The molecule has 3 heterocycles. The third kappa shape index (κ3) is 1.68. The summed E-state index contributed by atoms with van der Waals surface area (Å²) in [6.45, 7) is 1.15. The van der Waals surface area contributed by atoms with Crippen molar-refractivity contribution in [3.05, 3.63) is 29.3 Å². The molecule has 3 rings (SSSR count). The molecule has 1 aliphatic heterocycles. The number of nitrogens with zero attached hydrogens (tertiary/aromatic N) is 3. The molecule has 0 saturated carbocycles. The quantitative estimate of drug-likeness (QED) is 0.571. The maximum Gasteiger partial charge on any atom is 0.170 e. The Kier molecular flexibility index (Phi) is 2.33. The van der Waals surface area contributed by atoms with Crippen LogP contribution in [0.15, 0.2) is 18.5 Å². The molecular formula is C11H8ClN3O2. The van der Waals surface area contributed by atoms with Crippen LogP contribution in [0.2, 0.25) is 5.15 Å². The minimum Gasteiger partial charge on any atom is -0.491 e. The standard InChI is InChI=1S/C11H8ClN3O2/c12-10-3-9-8(4-13-10)11-14-7(6-16)5-15(11)1-2-17-9/h3-6H,1-2H2. The predicted molar refractivity (Wildman–Crippen MR) is 61.4 cm³/mol. The molecule has 0 saturated heterocycles. The Morgan fingerprint density at radius 3 is 3.24 bits per heavy atom. The largest absolute Gasteiger partial charge is 0.491 e. The Balaban J connectivity index is 2.22. The zero-order valence-corrected chi connectivity index (χ0v) is 9.52. The summed E-state index contributed by atoms with van der Waals surface area (Å²) in [5.74, 6) is 1.33. The Labute approximate surface area is 102 Å². The first kappa shape index (κ1) is 10.3. The van der Waals surface area contributed by atoms with Crippen LogP contribution in [-0.2, 0) is 6.54 Å². The third-order valence-corrected chi connectivity index (χ3v) is 2.79. The molecular weight excluding hydrogens is 242 g/mol. The lowest BCUT2D eigenvalue weighted by molar-refractivity contribution is 0.111. The summed E-state index contributed by atoms with van der Waals surface area (Å²) >= 11 is 5.82. The van der Waals surface area contributed by atoms with Crippen LogP contribution in [0.3, 0.4) is 0 Å². The molecule has 0 aliphatic carbocycles. The van der Waals surface area contributed by atoms with Gasteiger partial charge in [-0.3, -0.25) is 4.79 Å². The lowest BCUT2D eigenvalue weighted by Gasteiger charge is -2.05. The summed E-state index contributed by atoms with van der Waals surface area (Å²) in [6, 6.07) is 1.65. The minimum absolute atomic E-state index is 0.374. The molecule has 0 aromatic carbocycles. The second kappa shape index (κ2) is 3.85. The van der Waals surface area contributed by atoms with Crippen LogP contribution in [0, 0.1) is 0 Å². The van der Waals surface area contributed by atoms with Crippen LogP contribution >= 0.6 is 11.6 Å². The van der Waals surface area contributed by atoms with Crippen molar-refractivity contribution in [3.63, 3.8) is 0 Å². The van der Waals surface area contributed by atoms with E-state index in [1.165, 1.54) is 0 Å². The van der Waals surface area contributed by atoms with Crippen molar-refractivity contribution in [2.75, 3.05) is 6.61 Å². The van der Waals surface area contributed by atoms with E-state index in [0.29, 0.717) is 35.6 Å². The van der Waals surface area contributed by atoms with Gasteiger partial charge in [0.2, 0.25) is 0 Å². The second-order valence-corrected chi connectivity index (χ2v) is 4.04. The molecule has 1 aliphatic rings. The molecule has 6 heteroatoms. The highest BCUT2D eigenvalue weighted by Crippen LogP contribution is 2.32. The molecule has 5 nitrogen and oxygen atoms in total. The van der Waals surface area contributed by atoms with Crippen LogP contribution in [-0.4, -0.2) is 27.4 Å². The van der Waals surface area contributed by atoms with Crippen molar-refractivity contribution in [2.24, 2.45) is 0 Å². The number of fused-ring (bicyclic) bond motifs is 3. The van der Waals surface area contributed by atoms with E-state index in [1.54, 1.807) is 18.5 Å².